The highest BCUT2D eigenvalue weighted by Gasteiger charge is 2.37. The monoisotopic (exact) mass is 278 g/mol. The number of nitrogens with zero attached hydrogens (tertiary/aromatic N) is 2. The fourth-order valence-corrected chi connectivity index (χ4v) is 2.84. The van der Waals surface area contributed by atoms with Crippen molar-refractivity contribution in [1.82, 2.24) is 15.1 Å². The zero-order valence-electron chi connectivity index (χ0n) is 13.0. The van der Waals surface area contributed by atoms with Crippen LogP contribution in [0.4, 0.5) is 5.69 Å². The molecule has 0 saturated carbocycles. The summed E-state index contributed by atoms with van der Waals surface area (Å²) in [5, 5.41) is 10.8. The molecule has 2 N–H and O–H groups in total. The lowest BCUT2D eigenvalue weighted by Crippen LogP contribution is -2.44. The molecule has 1 atom stereocenters. The smallest absolute Gasteiger partial charge is 0.230 e. The lowest BCUT2D eigenvalue weighted by atomic mass is 9.74. The number of piperidine rings is 1. The summed E-state index contributed by atoms with van der Waals surface area (Å²) in [6, 6.07) is 0. The molecule has 1 aliphatic heterocycles. The normalized spacial score (nSPS) is 19.9. The van der Waals surface area contributed by atoms with Crippen LogP contribution in [0.25, 0.3) is 0 Å². The van der Waals surface area contributed by atoms with Crippen molar-refractivity contribution in [2.24, 2.45) is 18.4 Å². The average Bonchev–Trinajstić information content (AvgIpc) is 2.79. The van der Waals surface area contributed by atoms with Crippen molar-refractivity contribution in [1.29, 1.82) is 0 Å². The largest absolute Gasteiger partial charge is 0.323 e. The van der Waals surface area contributed by atoms with Gasteiger partial charge < -0.3 is 10.6 Å². The number of hydrogen-bond donors (Lipinski definition) is 2. The summed E-state index contributed by atoms with van der Waals surface area (Å²) < 4.78 is 1.75. The van der Waals surface area contributed by atoms with Crippen LogP contribution in [0, 0.1) is 11.3 Å². The number of aryl methyl sites for hydroxylation is 2. The molecule has 0 aliphatic carbocycles. The Bertz CT molecular complexity index is 472. The third-order valence-electron chi connectivity index (χ3n) is 4.39. The molecule has 0 bridgehead atoms. The van der Waals surface area contributed by atoms with Gasteiger partial charge in [0.25, 0.3) is 0 Å². The number of nitrogens with one attached hydrogen (secondary N) is 2. The molecule has 0 aromatic carbocycles. The van der Waals surface area contributed by atoms with Gasteiger partial charge in [0, 0.05) is 18.7 Å². The molecule has 1 aliphatic rings. The molecule has 1 unspecified atom stereocenters. The maximum absolute atomic E-state index is 12.6. The minimum atomic E-state index is -0.367. The van der Waals surface area contributed by atoms with Gasteiger partial charge in [0.05, 0.1) is 11.4 Å². The van der Waals surface area contributed by atoms with Gasteiger partial charge in [-0.05, 0) is 38.3 Å². The average molecular weight is 278 g/mol. The summed E-state index contributed by atoms with van der Waals surface area (Å²) in [7, 11) is 1.88. The van der Waals surface area contributed by atoms with E-state index in [2.05, 4.69) is 15.7 Å². The molecule has 0 spiro atoms. The van der Waals surface area contributed by atoms with Crippen LogP contribution in [0.5, 0.6) is 0 Å². The first kappa shape index (κ1) is 15.0. The molecule has 1 aromatic heterocycles. The predicted molar refractivity (Wildman–Crippen MR) is 80.6 cm³/mol. The van der Waals surface area contributed by atoms with Crippen LogP contribution in [0.15, 0.2) is 6.20 Å². The molecule has 1 aromatic rings. The Labute approximate surface area is 121 Å². The zero-order chi connectivity index (χ0) is 14.8. The van der Waals surface area contributed by atoms with Crippen molar-refractivity contribution >= 4 is 11.6 Å². The Morgan fingerprint density at radius 3 is 2.95 bits per heavy atom. The topological polar surface area (TPSA) is 59.0 Å². The summed E-state index contributed by atoms with van der Waals surface area (Å²) in [5.41, 5.74) is 1.42. The molecule has 5 nitrogen and oxygen atoms in total. The number of carbonyl (C=O) groups excluding carboxylic acids is 1. The number of hydrogen-bond acceptors (Lipinski definition) is 3. The third-order valence-corrected chi connectivity index (χ3v) is 4.39. The fourth-order valence-electron chi connectivity index (χ4n) is 2.84. The second-order valence-electron chi connectivity index (χ2n) is 6.24. The summed E-state index contributed by atoms with van der Waals surface area (Å²) >= 11 is 0. The quantitative estimate of drug-likeness (QED) is 0.885. The minimum absolute atomic E-state index is 0.0916. The van der Waals surface area contributed by atoms with Crippen LogP contribution in [0.1, 0.15) is 39.3 Å². The van der Waals surface area contributed by atoms with Crippen LogP contribution in [-0.2, 0) is 18.3 Å². The highest BCUT2D eigenvalue weighted by molar-refractivity contribution is 5.95. The number of anilines is 1. The van der Waals surface area contributed by atoms with E-state index in [0.29, 0.717) is 5.92 Å². The number of carbonyl (C=O) groups is 1. The fraction of sp³-hybridized carbons (Fsp3) is 0.733. The standard InChI is InChI=1S/C15H26N4O/c1-5-12-13(10-19(4)18-12)17-14(20)15(2,3)11-7-6-8-16-9-11/h10-11,16H,5-9H2,1-4H3,(H,17,20). The predicted octanol–water partition coefficient (Wildman–Crippen LogP) is 1.95. The number of rotatable bonds is 4. The van der Waals surface area contributed by atoms with Crippen LogP contribution in [0.3, 0.4) is 0 Å². The lowest BCUT2D eigenvalue weighted by molar-refractivity contribution is -0.127. The van der Waals surface area contributed by atoms with E-state index >= 15 is 0 Å². The van der Waals surface area contributed by atoms with Crippen LogP contribution in [0.2, 0.25) is 0 Å². The molecule has 0 radical (unpaired) electrons. The van der Waals surface area contributed by atoms with Gasteiger partial charge in [-0.1, -0.05) is 20.8 Å². The maximum Gasteiger partial charge on any atom is 0.230 e. The van der Waals surface area contributed by atoms with E-state index in [0.717, 1.165) is 43.7 Å². The molecular weight excluding hydrogens is 252 g/mol. The molecule has 2 rings (SSSR count). The van der Waals surface area contributed by atoms with Crippen LogP contribution in [-0.4, -0.2) is 28.8 Å². The van der Waals surface area contributed by atoms with Crippen molar-refractivity contribution in [3.05, 3.63) is 11.9 Å². The Kier molecular flexibility index (Phi) is 4.48. The molecule has 1 amide bonds. The molecule has 20 heavy (non-hydrogen) atoms. The van der Waals surface area contributed by atoms with Gasteiger partial charge in [0.2, 0.25) is 5.91 Å². The molecule has 5 heteroatoms. The second-order valence-corrected chi connectivity index (χ2v) is 6.24. The van der Waals surface area contributed by atoms with E-state index in [4.69, 9.17) is 0 Å². The first-order valence-corrected chi connectivity index (χ1v) is 7.49. The number of aromatic nitrogens is 2. The van der Waals surface area contributed by atoms with Crippen molar-refractivity contribution in [2.75, 3.05) is 18.4 Å². The van der Waals surface area contributed by atoms with E-state index < -0.39 is 0 Å². The molecular formula is C15H26N4O. The van der Waals surface area contributed by atoms with Gasteiger partial charge in [-0.25, -0.2) is 0 Å². The Morgan fingerprint density at radius 2 is 2.35 bits per heavy atom. The van der Waals surface area contributed by atoms with E-state index in [1.807, 2.05) is 34.0 Å². The van der Waals surface area contributed by atoms with Gasteiger partial charge >= 0.3 is 0 Å². The van der Waals surface area contributed by atoms with E-state index in [1.54, 1.807) is 4.68 Å². The number of amides is 1. The minimum Gasteiger partial charge on any atom is -0.323 e. The first-order valence-electron chi connectivity index (χ1n) is 7.49. The zero-order valence-corrected chi connectivity index (χ0v) is 13.0. The molecule has 2 heterocycles. The van der Waals surface area contributed by atoms with E-state index in [-0.39, 0.29) is 11.3 Å². The van der Waals surface area contributed by atoms with Crippen LogP contribution >= 0.6 is 0 Å². The van der Waals surface area contributed by atoms with Crippen molar-refractivity contribution in [3.63, 3.8) is 0 Å². The first-order chi connectivity index (χ1) is 9.45. The van der Waals surface area contributed by atoms with Crippen LogP contribution < -0.4 is 10.6 Å². The lowest BCUT2D eigenvalue weighted by Gasteiger charge is -2.35. The summed E-state index contributed by atoms with van der Waals surface area (Å²) in [5.74, 6) is 0.479. The summed E-state index contributed by atoms with van der Waals surface area (Å²) in [6.07, 6.45) is 4.96. The SMILES string of the molecule is CCc1nn(C)cc1NC(=O)C(C)(C)C1CCCNC1. The highest BCUT2D eigenvalue weighted by atomic mass is 16.2. The summed E-state index contributed by atoms with van der Waals surface area (Å²) in [4.78, 5) is 12.6. The van der Waals surface area contributed by atoms with Gasteiger partial charge in [-0.15, -0.1) is 0 Å². The van der Waals surface area contributed by atoms with Gasteiger partial charge in [-0.2, -0.15) is 5.10 Å². The molecule has 112 valence electrons. The van der Waals surface area contributed by atoms with E-state index in [1.165, 1.54) is 0 Å². The molecule has 1 fully saturated rings. The van der Waals surface area contributed by atoms with E-state index in [9.17, 15) is 4.79 Å². The van der Waals surface area contributed by atoms with Gasteiger partial charge in [0.15, 0.2) is 0 Å². The third kappa shape index (κ3) is 3.03. The highest BCUT2D eigenvalue weighted by Crippen LogP contribution is 2.33. The van der Waals surface area contributed by atoms with Crippen molar-refractivity contribution in [2.45, 2.75) is 40.0 Å². The Hall–Kier alpha value is -1.36. The maximum atomic E-state index is 12.6. The van der Waals surface area contributed by atoms with Crippen molar-refractivity contribution < 1.29 is 4.79 Å². The van der Waals surface area contributed by atoms with Crippen molar-refractivity contribution in [3.8, 4) is 0 Å². The second kappa shape index (κ2) is 5.95. The Morgan fingerprint density at radius 1 is 1.60 bits per heavy atom. The summed E-state index contributed by atoms with van der Waals surface area (Å²) in [6.45, 7) is 8.13. The molecule has 1 saturated heterocycles. The van der Waals surface area contributed by atoms with Gasteiger partial charge in [-0.3, -0.25) is 9.48 Å². The van der Waals surface area contributed by atoms with Gasteiger partial charge in [0.1, 0.15) is 0 Å². The Balaban J connectivity index is 2.09.